The van der Waals surface area contributed by atoms with Crippen LogP contribution in [0.5, 0.6) is 0 Å². The van der Waals surface area contributed by atoms with Gasteiger partial charge in [-0.05, 0) is 24.1 Å². The van der Waals surface area contributed by atoms with Gasteiger partial charge in [0.25, 0.3) is 0 Å². The molecule has 0 aliphatic heterocycles. The highest BCUT2D eigenvalue weighted by Crippen LogP contribution is 2.14. The molecule has 0 amide bonds. The molecule has 44 valence electrons. The van der Waals surface area contributed by atoms with Gasteiger partial charge in [-0.15, -0.1) is 0 Å². The van der Waals surface area contributed by atoms with E-state index in [0.717, 1.165) is 0 Å². The number of rotatable bonds is 1. The molecule has 0 bridgehead atoms. The summed E-state index contributed by atoms with van der Waals surface area (Å²) in [4.78, 5) is 0. The van der Waals surface area contributed by atoms with E-state index < -0.39 is 6.67 Å². The third-order valence-corrected chi connectivity index (χ3v) is 1.10. The molecule has 1 rings (SSSR count). The van der Waals surface area contributed by atoms with Crippen molar-refractivity contribution in [2.45, 2.75) is 6.42 Å². The van der Waals surface area contributed by atoms with E-state index in [-0.39, 0.29) is 5.76 Å². The van der Waals surface area contributed by atoms with Gasteiger partial charge in [-0.3, -0.25) is 0 Å². The predicted octanol–water partition coefficient (Wildman–Crippen LogP) is 1.73. The Morgan fingerprint density at radius 1 is 1.75 bits per heavy atom. The van der Waals surface area contributed by atoms with Gasteiger partial charge in [-0.2, -0.15) is 0 Å². The highest BCUT2D eigenvalue weighted by molar-refractivity contribution is 5.27. The zero-order valence-corrected chi connectivity index (χ0v) is 4.39. The summed E-state index contributed by atoms with van der Waals surface area (Å²) in [5.41, 5.74) is 0.655. The first-order valence-corrected chi connectivity index (χ1v) is 2.47. The van der Waals surface area contributed by atoms with Gasteiger partial charge < -0.3 is 5.11 Å². The maximum absolute atomic E-state index is 11.7. The Kier molecular flexibility index (Phi) is 1.33. The van der Waals surface area contributed by atoms with E-state index >= 15 is 0 Å². The second-order valence-corrected chi connectivity index (χ2v) is 1.77. The minimum Gasteiger partial charge on any atom is -0.508 e. The molecule has 2 heteroatoms. The lowest BCUT2D eigenvalue weighted by Gasteiger charge is -1.85. The summed E-state index contributed by atoms with van der Waals surface area (Å²) in [5, 5.41) is 8.65. The molecule has 0 saturated carbocycles. The van der Waals surface area contributed by atoms with E-state index in [2.05, 4.69) is 0 Å². The fourth-order valence-electron chi connectivity index (χ4n) is 0.656. The topological polar surface area (TPSA) is 20.2 Å². The quantitative estimate of drug-likeness (QED) is 0.550. The monoisotopic (exact) mass is 114 g/mol. The summed E-state index contributed by atoms with van der Waals surface area (Å²) < 4.78 is 11.7. The van der Waals surface area contributed by atoms with Gasteiger partial charge in [0.2, 0.25) is 0 Å². The van der Waals surface area contributed by atoms with Crippen LogP contribution in [0.3, 0.4) is 0 Å². The molecule has 0 radical (unpaired) electrons. The molecular formula is C6H7FO. The van der Waals surface area contributed by atoms with Crippen LogP contribution in [0.25, 0.3) is 0 Å². The van der Waals surface area contributed by atoms with E-state index in [9.17, 15) is 4.39 Å². The van der Waals surface area contributed by atoms with Crippen molar-refractivity contribution in [3.05, 3.63) is 23.5 Å². The van der Waals surface area contributed by atoms with Gasteiger partial charge in [0.15, 0.2) is 0 Å². The normalized spacial score (nSPS) is 18.1. The summed E-state index contributed by atoms with van der Waals surface area (Å²) in [5.74, 6) is 0.192. The van der Waals surface area contributed by atoms with Crippen molar-refractivity contribution in [3.63, 3.8) is 0 Å². The Hall–Kier alpha value is -0.790. The molecule has 0 unspecified atom stereocenters. The summed E-state index contributed by atoms with van der Waals surface area (Å²) in [6, 6.07) is 0. The molecule has 0 atom stereocenters. The van der Waals surface area contributed by atoms with Crippen molar-refractivity contribution < 1.29 is 9.50 Å². The first kappa shape index (κ1) is 5.35. The van der Waals surface area contributed by atoms with Gasteiger partial charge in [-0.25, -0.2) is 4.39 Å². The fraction of sp³-hybridized carbons (Fsp3) is 0.333. The Labute approximate surface area is 47.1 Å². The molecule has 1 nitrogen and oxygen atoms in total. The standard InChI is InChI=1S/C6H7FO/c7-4-5-1-2-6(8)3-5/h2-3,8H,1,4H2. The van der Waals surface area contributed by atoms with Gasteiger partial charge >= 0.3 is 0 Å². The Morgan fingerprint density at radius 2 is 2.50 bits per heavy atom. The van der Waals surface area contributed by atoms with Gasteiger partial charge in [-0.1, -0.05) is 0 Å². The van der Waals surface area contributed by atoms with Crippen molar-refractivity contribution >= 4 is 0 Å². The lowest BCUT2D eigenvalue weighted by Crippen LogP contribution is -1.76. The van der Waals surface area contributed by atoms with E-state index in [4.69, 9.17) is 5.11 Å². The Morgan fingerprint density at radius 3 is 2.75 bits per heavy atom. The molecule has 1 aliphatic rings. The minimum absolute atomic E-state index is 0.192. The zero-order valence-electron chi connectivity index (χ0n) is 4.39. The van der Waals surface area contributed by atoms with Crippen molar-refractivity contribution in [2.75, 3.05) is 6.67 Å². The maximum atomic E-state index is 11.7. The highest BCUT2D eigenvalue weighted by Gasteiger charge is 2.02. The molecule has 0 spiro atoms. The molecule has 0 heterocycles. The van der Waals surface area contributed by atoms with E-state index in [1.807, 2.05) is 0 Å². The summed E-state index contributed by atoms with van der Waals surface area (Å²) >= 11 is 0. The van der Waals surface area contributed by atoms with Crippen LogP contribution in [0.2, 0.25) is 0 Å². The van der Waals surface area contributed by atoms with Crippen LogP contribution >= 0.6 is 0 Å². The fourth-order valence-corrected chi connectivity index (χ4v) is 0.656. The number of aliphatic hydroxyl groups excluding tert-OH is 1. The third kappa shape index (κ3) is 0.886. The van der Waals surface area contributed by atoms with E-state index in [1.54, 1.807) is 6.08 Å². The van der Waals surface area contributed by atoms with Crippen LogP contribution < -0.4 is 0 Å². The molecular weight excluding hydrogens is 107 g/mol. The van der Waals surface area contributed by atoms with Gasteiger partial charge in [0, 0.05) is 0 Å². The molecule has 0 saturated heterocycles. The second-order valence-electron chi connectivity index (χ2n) is 1.77. The summed E-state index contributed by atoms with van der Waals surface area (Å²) in [7, 11) is 0. The van der Waals surface area contributed by atoms with E-state index in [1.165, 1.54) is 6.08 Å². The van der Waals surface area contributed by atoms with Crippen molar-refractivity contribution in [2.24, 2.45) is 0 Å². The molecule has 0 aromatic heterocycles. The lowest BCUT2D eigenvalue weighted by atomic mass is 10.3. The molecule has 1 N–H and O–H groups in total. The minimum atomic E-state index is -0.444. The average Bonchev–Trinajstić information content (AvgIpc) is 2.14. The number of halogens is 1. The maximum Gasteiger partial charge on any atom is 0.111 e. The molecule has 0 fully saturated rings. The van der Waals surface area contributed by atoms with Crippen LogP contribution in [0, 0.1) is 0 Å². The number of allylic oxidation sites excluding steroid dienone is 3. The van der Waals surface area contributed by atoms with Crippen LogP contribution in [0.4, 0.5) is 4.39 Å². The van der Waals surface area contributed by atoms with Crippen LogP contribution in [-0.4, -0.2) is 11.8 Å². The largest absolute Gasteiger partial charge is 0.508 e. The van der Waals surface area contributed by atoms with Crippen LogP contribution in [0.15, 0.2) is 23.5 Å². The SMILES string of the molecule is OC1=CCC(CF)=C1. The first-order valence-electron chi connectivity index (χ1n) is 2.47. The Bertz CT molecular complexity index is 147. The summed E-state index contributed by atoms with van der Waals surface area (Å²) in [6.07, 6.45) is 3.62. The smallest absolute Gasteiger partial charge is 0.111 e. The first-order chi connectivity index (χ1) is 3.83. The molecule has 8 heavy (non-hydrogen) atoms. The lowest BCUT2D eigenvalue weighted by molar-refractivity contribution is 0.433. The molecule has 0 aromatic rings. The zero-order chi connectivity index (χ0) is 5.98. The molecule has 1 aliphatic carbocycles. The van der Waals surface area contributed by atoms with Crippen LogP contribution in [0.1, 0.15) is 6.42 Å². The Balaban J connectivity index is 2.56. The number of hydrogen-bond donors (Lipinski definition) is 1. The van der Waals surface area contributed by atoms with Crippen molar-refractivity contribution in [1.82, 2.24) is 0 Å². The third-order valence-electron chi connectivity index (χ3n) is 1.10. The number of hydrogen-bond acceptors (Lipinski definition) is 1. The van der Waals surface area contributed by atoms with Gasteiger partial charge in [0.05, 0.1) is 0 Å². The summed E-state index contributed by atoms with van der Waals surface area (Å²) in [6.45, 7) is -0.444. The van der Waals surface area contributed by atoms with Gasteiger partial charge in [0.1, 0.15) is 12.4 Å². The number of aliphatic hydroxyl groups is 1. The van der Waals surface area contributed by atoms with Crippen molar-refractivity contribution in [1.29, 1.82) is 0 Å². The predicted molar refractivity (Wildman–Crippen MR) is 29.4 cm³/mol. The average molecular weight is 114 g/mol. The second kappa shape index (κ2) is 1.99. The van der Waals surface area contributed by atoms with Crippen molar-refractivity contribution in [3.8, 4) is 0 Å². The highest BCUT2D eigenvalue weighted by atomic mass is 19.1. The van der Waals surface area contributed by atoms with Crippen LogP contribution in [-0.2, 0) is 0 Å². The molecule has 0 aromatic carbocycles. The number of alkyl halides is 1. The van der Waals surface area contributed by atoms with E-state index in [0.29, 0.717) is 12.0 Å².